The summed E-state index contributed by atoms with van der Waals surface area (Å²) in [7, 11) is 0. The molecule has 0 aliphatic carbocycles. The van der Waals surface area contributed by atoms with Gasteiger partial charge in [0.2, 0.25) is 0 Å². The number of ether oxygens (including phenoxy) is 2. The molecule has 0 aromatic heterocycles. The Morgan fingerprint density at radius 3 is 2.43 bits per heavy atom. The van der Waals surface area contributed by atoms with E-state index in [9.17, 15) is 0 Å². The summed E-state index contributed by atoms with van der Waals surface area (Å²) in [6.07, 6.45) is 0.786. The second-order valence-corrected chi connectivity index (χ2v) is 5.27. The number of benzene rings is 2. The van der Waals surface area contributed by atoms with Gasteiger partial charge in [-0.25, -0.2) is 0 Å². The molecule has 0 amide bonds. The molecule has 2 aromatic carbocycles. The van der Waals surface area contributed by atoms with Crippen molar-refractivity contribution in [3.05, 3.63) is 53.6 Å². The molecule has 112 valence electrons. The van der Waals surface area contributed by atoms with Crippen LogP contribution in [0.5, 0.6) is 17.2 Å². The van der Waals surface area contributed by atoms with Gasteiger partial charge in [-0.2, -0.15) is 0 Å². The molecule has 0 fully saturated rings. The Bertz CT molecular complexity index is 594. The van der Waals surface area contributed by atoms with Crippen molar-refractivity contribution in [1.29, 1.82) is 0 Å². The third-order valence-electron chi connectivity index (χ3n) is 3.13. The molecule has 0 aliphatic rings. The van der Waals surface area contributed by atoms with Gasteiger partial charge in [-0.15, -0.1) is 0 Å². The Kier molecular flexibility index (Phi) is 5.23. The first kappa shape index (κ1) is 15.4. The molecule has 0 radical (unpaired) electrons. The van der Waals surface area contributed by atoms with Gasteiger partial charge in [0.1, 0.15) is 5.75 Å². The highest BCUT2D eigenvalue weighted by atomic mass is 16.5. The predicted octanol–water partition coefficient (Wildman–Crippen LogP) is 4.08. The van der Waals surface area contributed by atoms with Crippen LogP contribution in [-0.4, -0.2) is 12.6 Å². The van der Waals surface area contributed by atoms with E-state index in [0.29, 0.717) is 6.61 Å². The third kappa shape index (κ3) is 4.23. The summed E-state index contributed by atoms with van der Waals surface area (Å²) in [4.78, 5) is 0. The Morgan fingerprint density at radius 1 is 1.05 bits per heavy atom. The summed E-state index contributed by atoms with van der Waals surface area (Å²) in [5.74, 6) is 2.33. The third-order valence-corrected chi connectivity index (χ3v) is 3.13. The lowest BCUT2D eigenvalue weighted by Gasteiger charge is -2.16. The van der Waals surface area contributed by atoms with E-state index >= 15 is 0 Å². The van der Waals surface area contributed by atoms with E-state index in [1.54, 1.807) is 0 Å². The van der Waals surface area contributed by atoms with Gasteiger partial charge in [-0.3, -0.25) is 0 Å². The molecular weight excluding hydrogens is 262 g/mol. The van der Waals surface area contributed by atoms with Gasteiger partial charge in [0.25, 0.3) is 0 Å². The van der Waals surface area contributed by atoms with Crippen LogP contribution in [0.4, 0.5) is 0 Å². The maximum atomic E-state index is 6.07. The molecule has 1 unspecified atom stereocenters. The van der Waals surface area contributed by atoms with Crippen LogP contribution in [0.15, 0.2) is 42.5 Å². The standard InChI is InChI=1S/C18H23NO2/c1-4-20-17-7-5-6-8-18(17)21-16-10-9-13(2)11-15(16)12-14(3)19/h5-11,14H,4,12,19H2,1-3H3. The molecule has 2 N–H and O–H groups in total. The van der Waals surface area contributed by atoms with Crippen molar-refractivity contribution in [2.24, 2.45) is 5.73 Å². The highest BCUT2D eigenvalue weighted by Gasteiger charge is 2.10. The van der Waals surface area contributed by atoms with Crippen LogP contribution in [0.1, 0.15) is 25.0 Å². The highest BCUT2D eigenvalue weighted by molar-refractivity contribution is 5.46. The maximum Gasteiger partial charge on any atom is 0.169 e. The quantitative estimate of drug-likeness (QED) is 0.870. The maximum absolute atomic E-state index is 6.07. The fourth-order valence-electron chi connectivity index (χ4n) is 2.24. The molecule has 0 saturated heterocycles. The normalized spacial score (nSPS) is 12.0. The SMILES string of the molecule is CCOc1ccccc1Oc1ccc(C)cc1CC(C)N. The fraction of sp³-hybridized carbons (Fsp3) is 0.333. The minimum absolute atomic E-state index is 0.0938. The molecule has 0 aliphatic heterocycles. The highest BCUT2D eigenvalue weighted by Crippen LogP contribution is 2.33. The number of hydrogen-bond acceptors (Lipinski definition) is 3. The molecule has 3 nitrogen and oxygen atoms in total. The molecule has 0 saturated carbocycles. The summed E-state index contributed by atoms with van der Waals surface area (Å²) in [6.45, 7) is 6.65. The predicted molar refractivity (Wildman–Crippen MR) is 86.2 cm³/mol. The van der Waals surface area contributed by atoms with Crippen LogP contribution in [0.3, 0.4) is 0 Å². The molecule has 0 spiro atoms. The molecule has 2 rings (SSSR count). The van der Waals surface area contributed by atoms with E-state index in [-0.39, 0.29) is 6.04 Å². The van der Waals surface area contributed by atoms with Crippen molar-refractivity contribution in [3.8, 4) is 17.2 Å². The number of para-hydroxylation sites is 2. The Hall–Kier alpha value is -2.00. The number of nitrogens with two attached hydrogens (primary N) is 1. The molecule has 21 heavy (non-hydrogen) atoms. The summed E-state index contributed by atoms with van der Waals surface area (Å²) in [6, 6.07) is 14.0. The minimum Gasteiger partial charge on any atom is -0.490 e. The number of rotatable bonds is 6. The summed E-state index contributed by atoms with van der Waals surface area (Å²) in [5, 5.41) is 0. The zero-order chi connectivity index (χ0) is 15.2. The fourth-order valence-corrected chi connectivity index (χ4v) is 2.24. The smallest absolute Gasteiger partial charge is 0.169 e. The first-order valence-corrected chi connectivity index (χ1v) is 7.35. The Morgan fingerprint density at radius 2 is 1.76 bits per heavy atom. The first-order valence-electron chi connectivity index (χ1n) is 7.35. The monoisotopic (exact) mass is 285 g/mol. The Balaban J connectivity index is 2.31. The van der Waals surface area contributed by atoms with Crippen molar-refractivity contribution in [1.82, 2.24) is 0 Å². The lowest BCUT2D eigenvalue weighted by Crippen LogP contribution is -2.18. The van der Waals surface area contributed by atoms with E-state index in [1.807, 2.05) is 50.2 Å². The summed E-state index contributed by atoms with van der Waals surface area (Å²) < 4.78 is 11.7. The molecule has 0 bridgehead atoms. The van der Waals surface area contributed by atoms with E-state index in [0.717, 1.165) is 29.2 Å². The van der Waals surface area contributed by atoms with Crippen LogP contribution in [0, 0.1) is 6.92 Å². The van der Waals surface area contributed by atoms with Crippen molar-refractivity contribution < 1.29 is 9.47 Å². The second-order valence-electron chi connectivity index (χ2n) is 5.27. The number of hydrogen-bond donors (Lipinski definition) is 1. The van der Waals surface area contributed by atoms with Gasteiger partial charge in [-0.05, 0) is 51.0 Å². The second kappa shape index (κ2) is 7.14. The van der Waals surface area contributed by atoms with Crippen molar-refractivity contribution in [2.75, 3.05) is 6.61 Å². The van der Waals surface area contributed by atoms with Crippen molar-refractivity contribution in [2.45, 2.75) is 33.2 Å². The van der Waals surface area contributed by atoms with Crippen molar-refractivity contribution >= 4 is 0 Å². The van der Waals surface area contributed by atoms with E-state index in [4.69, 9.17) is 15.2 Å². The summed E-state index contributed by atoms with van der Waals surface area (Å²) in [5.41, 5.74) is 8.26. The first-order chi connectivity index (χ1) is 10.1. The van der Waals surface area contributed by atoms with E-state index in [1.165, 1.54) is 5.56 Å². The van der Waals surface area contributed by atoms with Gasteiger partial charge >= 0.3 is 0 Å². The van der Waals surface area contributed by atoms with E-state index < -0.39 is 0 Å². The zero-order valence-corrected chi connectivity index (χ0v) is 12.9. The van der Waals surface area contributed by atoms with Gasteiger partial charge in [0.05, 0.1) is 6.61 Å². The lowest BCUT2D eigenvalue weighted by molar-refractivity contribution is 0.321. The van der Waals surface area contributed by atoms with Crippen LogP contribution in [0.2, 0.25) is 0 Å². The minimum atomic E-state index is 0.0938. The van der Waals surface area contributed by atoms with Crippen molar-refractivity contribution in [3.63, 3.8) is 0 Å². The summed E-state index contributed by atoms with van der Waals surface area (Å²) >= 11 is 0. The van der Waals surface area contributed by atoms with Crippen LogP contribution < -0.4 is 15.2 Å². The van der Waals surface area contributed by atoms with E-state index in [2.05, 4.69) is 13.0 Å². The molecular formula is C18H23NO2. The Labute approximate surface area is 126 Å². The van der Waals surface area contributed by atoms with Gasteiger partial charge in [0, 0.05) is 6.04 Å². The molecule has 0 heterocycles. The van der Waals surface area contributed by atoms with Crippen LogP contribution in [0.25, 0.3) is 0 Å². The number of aryl methyl sites for hydroxylation is 1. The largest absolute Gasteiger partial charge is 0.490 e. The van der Waals surface area contributed by atoms with Gasteiger partial charge < -0.3 is 15.2 Å². The molecule has 2 aromatic rings. The van der Waals surface area contributed by atoms with Gasteiger partial charge in [-0.1, -0.05) is 29.8 Å². The molecule has 3 heteroatoms. The average molecular weight is 285 g/mol. The van der Waals surface area contributed by atoms with Crippen LogP contribution in [-0.2, 0) is 6.42 Å². The lowest BCUT2D eigenvalue weighted by atomic mass is 10.0. The zero-order valence-electron chi connectivity index (χ0n) is 12.9. The molecule has 1 atom stereocenters. The topological polar surface area (TPSA) is 44.5 Å². The van der Waals surface area contributed by atoms with Crippen LogP contribution >= 0.6 is 0 Å². The average Bonchev–Trinajstić information content (AvgIpc) is 2.43. The van der Waals surface area contributed by atoms with Gasteiger partial charge in [0.15, 0.2) is 11.5 Å².